The highest BCUT2D eigenvalue weighted by molar-refractivity contribution is 9.10. The number of nitrogens with one attached hydrogen (secondary N) is 3. The van der Waals surface area contributed by atoms with Gasteiger partial charge in [-0.15, -0.1) is 11.3 Å². The summed E-state index contributed by atoms with van der Waals surface area (Å²) in [7, 11) is 0. The lowest BCUT2D eigenvalue weighted by Crippen LogP contribution is -2.14. The second kappa shape index (κ2) is 8.29. The number of thiophene rings is 1. The van der Waals surface area contributed by atoms with E-state index in [1.54, 1.807) is 23.5 Å². The zero-order valence-electron chi connectivity index (χ0n) is 15.8. The molecule has 1 amide bonds. The van der Waals surface area contributed by atoms with Crippen molar-refractivity contribution in [2.75, 3.05) is 11.1 Å². The predicted octanol–water partition coefficient (Wildman–Crippen LogP) is 5.02. The molecule has 10 heteroatoms. The Balaban J connectivity index is 1.34. The molecule has 0 aliphatic rings. The lowest BCUT2D eigenvalue weighted by molar-refractivity contribution is -0.113. The van der Waals surface area contributed by atoms with Crippen molar-refractivity contribution in [1.29, 1.82) is 0 Å². The van der Waals surface area contributed by atoms with E-state index in [2.05, 4.69) is 59.4 Å². The zero-order valence-corrected chi connectivity index (χ0v) is 19.0. The molecule has 154 valence electrons. The van der Waals surface area contributed by atoms with Gasteiger partial charge in [-0.1, -0.05) is 42.1 Å². The van der Waals surface area contributed by atoms with Crippen LogP contribution in [0.5, 0.6) is 0 Å². The summed E-state index contributed by atoms with van der Waals surface area (Å²) in [5.41, 5.74) is 2.71. The molecule has 0 fully saturated rings. The van der Waals surface area contributed by atoms with E-state index >= 15 is 0 Å². The Morgan fingerprint density at radius 3 is 2.68 bits per heavy atom. The van der Waals surface area contributed by atoms with Crippen molar-refractivity contribution < 1.29 is 4.79 Å². The Morgan fingerprint density at radius 2 is 1.87 bits per heavy atom. The fourth-order valence-corrected chi connectivity index (χ4v) is 5.45. The highest BCUT2D eigenvalue weighted by atomic mass is 79.9. The summed E-state index contributed by atoms with van der Waals surface area (Å²) in [5.74, 6) is 0.0183. The van der Waals surface area contributed by atoms with E-state index in [1.807, 2.05) is 18.2 Å². The van der Waals surface area contributed by atoms with Gasteiger partial charge in [-0.2, -0.15) is 0 Å². The third-order valence-electron chi connectivity index (χ3n) is 4.57. The molecule has 31 heavy (non-hydrogen) atoms. The van der Waals surface area contributed by atoms with Crippen LogP contribution in [0.3, 0.4) is 0 Å². The molecule has 3 N–H and O–H groups in total. The second-order valence-electron chi connectivity index (χ2n) is 6.67. The number of imidazole rings is 1. The Bertz CT molecular complexity index is 1480. The van der Waals surface area contributed by atoms with Crippen LogP contribution in [0.1, 0.15) is 0 Å². The first-order chi connectivity index (χ1) is 15.1. The number of halogens is 1. The molecular formula is C21H14BrN5O2S2. The number of benzene rings is 2. The zero-order chi connectivity index (χ0) is 21.4. The SMILES string of the molecule is O=C(CSc1ncnc2sc(-c3ccccc3)cc12)Nc1cc2[nH]c(=O)[nH]c2cc1Br. The summed E-state index contributed by atoms with van der Waals surface area (Å²) in [6, 6.07) is 15.7. The molecule has 2 aromatic carbocycles. The maximum atomic E-state index is 12.6. The number of aromatic amines is 2. The second-order valence-corrected chi connectivity index (χ2v) is 9.52. The number of fused-ring (bicyclic) bond motifs is 2. The number of anilines is 1. The Morgan fingerprint density at radius 1 is 1.10 bits per heavy atom. The molecule has 5 rings (SSSR count). The van der Waals surface area contributed by atoms with Crippen molar-refractivity contribution in [3.8, 4) is 10.4 Å². The minimum absolute atomic E-state index is 0.173. The van der Waals surface area contributed by atoms with Crippen molar-refractivity contribution in [2.45, 2.75) is 5.03 Å². The van der Waals surface area contributed by atoms with E-state index in [4.69, 9.17) is 0 Å². The highest BCUT2D eigenvalue weighted by Crippen LogP contribution is 2.36. The van der Waals surface area contributed by atoms with Gasteiger partial charge in [0, 0.05) is 14.7 Å². The summed E-state index contributed by atoms with van der Waals surface area (Å²) in [6.07, 6.45) is 1.53. The number of hydrogen-bond donors (Lipinski definition) is 3. The van der Waals surface area contributed by atoms with Crippen molar-refractivity contribution >= 4 is 71.9 Å². The van der Waals surface area contributed by atoms with Gasteiger partial charge < -0.3 is 15.3 Å². The van der Waals surface area contributed by atoms with Crippen LogP contribution in [0.4, 0.5) is 5.69 Å². The minimum Gasteiger partial charge on any atom is -0.324 e. The maximum Gasteiger partial charge on any atom is 0.323 e. The monoisotopic (exact) mass is 511 g/mol. The number of carbonyl (C=O) groups is 1. The van der Waals surface area contributed by atoms with E-state index < -0.39 is 0 Å². The topological polar surface area (TPSA) is 104 Å². The molecule has 0 bridgehead atoms. The third-order valence-corrected chi connectivity index (χ3v) is 7.32. The predicted molar refractivity (Wildman–Crippen MR) is 129 cm³/mol. The minimum atomic E-state index is -0.292. The van der Waals surface area contributed by atoms with Crippen molar-refractivity contribution in [1.82, 2.24) is 19.9 Å². The summed E-state index contributed by atoms with van der Waals surface area (Å²) in [6.45, 7) is 0. The first-order valence-electron chi connectivity index (χ1n) is 9.21. The maximum absolute atomic E-state index is 12.6. The number of thioether (sulfide) groups is 1. The van der Waals surface area contributed by atoms with Gasteiger partial charge in [0.1, 0.15) is 16.2 Å². The molecule has 5 aromatic rings. The Labute approximate surface area is 192 Å². The van der Waals surface area contributed by atoms with E-state index in [0.717, 1.165) is 25.7 Å². The molecule has 0 unspecified atom stereocenters. The van der Waals surface area contributed by atoms with Crippen LogP contribution in [0.25, 0.3) is 31.7 Å². The smallest absolute Gasteiger partial charge is 0.323 e. The normalized spacial score (nSPS) is 11.3. The van der Waals surface area contributed by atoms with Crippen LogP contribution in [0, 0.1) is 0 Å². The number of rotatable bonds is 5. The molecule has 0 aliphatic carbocycles. The van der Waals surface area contributed by atoms with Crippen LogP contribution >= 0.6 is 39.0 Å². The lowest BCUT2D eigenvalue weighted by atomic mass is 10.2. The van der Waals surface area contributed by atoms with Gasteiger partial charge in [0.2, 0.25) is 5.91 Å². The van der Waals surface area contributed by atoms with Gasteiger partial charge in [0.25, 0.3) is 0 Å². The number of H-pyrrole nitrogens is 2. The van der Waals surface area contributed by atoms with Crippen molar-refractivity contribution in [3.05, 3.63) is 69.8 Å². The fourth-order valence-electron chi connectivity index (χ4n) is 3.17. The summed E-state index contributed by atoms with van der Waals surface area (Å²) >= 11 is 6.40. The van der Waals surface area contributed by atoms with Crippen LogP contribution in [-0.2, 0) is 4.79 Å². The van der Waals surface area contributed by atoms with Gasteiger partial charge in [0.15, 0.2) is 0 Å². The quantitative estimate of drug-likeness (QED) is 0.227. The van der Waals surface area contributed by atoms with E-state index in [1.165, 1.54) is 18.1 Å². The van der Waals surface area contributed by atoms with Gasteiger partial charge in [-0.3, -0.25) is 4.79 Å². The number of aromatic nitrogens is 4. The number of amides is 1. The molecule has 3 heterocycles. The van der Waals surface area contributed by atoms with Gasteiger partial charge >= 0.3 is 5.69 Å². The highest BCUT2D eigenvalue weighted by Gasteiger charge is 2.14. The lowest BCUT2D eigenvalue weighted by Gasteiger charge is -2.07. The standard InChI is InChI=1S/C21H14BrN5O2S2/c22-13-7-15-16(27-21(29)26-15)8-14(13)25-18(28)9-30-19-12-6-17(11-4-2-1-3-5-11)31-20(12)24-10-23-19/h1-8,10H,9H2,(H,25,28)(H2,26,27,29). The van der Waals surface area contributed by atoms with E-state index in [9.17, 15) is 9.59 Å². The summed E-state index contributed by atoms with van der Waals surface area (Å²) in [4.78, 5) is 40.2. The summed E-state index contributed by atoms with van der Waals surface area (Å²) in [5, 5.41) is 4.59. The first kappa shape index (κ1) is 20.0. The third kappa shape index (κ3) is 4.14. The molecule has 0 atom stereocenters. The molecule has 0 saturated heterocycles. The Kier molecular flexibility index (Phi) is 5.34. The first-order valence-corrected chi connectivity index (χ1v) is 11.8. The number of nitrogens with zero attached hydrogens (tertiary/aromatic N) is 2. The molecule has 0 radical (unpaired) electrons. The van der Waals surface area contributed by atoms with Gasteiger partial charge in [0.05, 0.1) is 22.5 Å². The molecular weight excluding hydrogens is 498 g/mol. The number of carbonyl (C=O) groups excluding carboxylic acids is 1. The Hall–Kier alpha value is -2.95. The van der Waals surface area contributed by atoms with Crippen molar-refractivity contribution in [3.63, 3.8) is 0 Å². The van der Waals surface area contributed by atoms with Crippen LogP contribution in [-0.4, -0.2) is 31.6 Å². The van der Waals surface area contributed by atoms with Gasteiger partial charge in [-0.05, 0) is 39.7 Å². The molecule has 7 nitrogen and oxygen atoms in total. The van der Waals surface area contributed by atoms with Crippen molar-refractivity contribution in [2.24, 2.45) is 0 Å². The van der Waals surface area contributed by atoms with E-state index in [0.29, 0.717) is 21.2 Å². The van der Waals surface area contributed by atoms with Crippen LogP contribution in [0.2, 0.25) is 0 Å². The largest absolute Gasteiger partial charge is 0.324 e. The van der Waals surface area contributed by atoms with Gasteiger partial charge in [-0.25, -0.2) is 14.8 Å². The molecule has 3 aromatic heterocycles. The van der Waals surface area contributed by atoms with Crippen LogP contribution in [0.15, 0.2) is 69.2 Å². The average molecular weight is 512 g/mol. The molecule has 0 aliphatic heterocycles. The number of hydrogen-bond acceptors (Lipinski definition) is 6. The average Bonchev–Trinajstić information content (AvgIpc) is 3.36. The summed E-state index contributed by atoms with van der Waals surface area (Å²) < 4.78 is 0.684. The molecule has 0 saturated carbocycles. The fraction of sp³-hybridized carbons (Fsp3) is 0.0476. The molecule has 0 spiro atoms. The van der Waals surface area contributed by atoms with E-state index in [-0.39, 0.29) is 17.3 Å². The van der Waals surface area contributed by atoms with Crippen LogP contribution < -0.4 is 11.0 Å².